The van der Waals surface area contributed by atoms with E-state index in [9.17, 15) is 13.2 Å². The largest absolute Gasteiger partial charge is 0.381 e. The lowest BCUT2D eigenvalue weighted by atomic mass is 9.99. The molecule has 1 aromatic carbocycles. The first-order valence-corrected chi connectivity index (χ1v) is 8.46. The molecule has 6 heteroatoms. The number of carbonyl (C=O) groups is 1. The summed E-state index contributed by atoms with van der Waals surface area (Å²) in [6.07, 6.45) is 2.00. The number of aryl methyl sites for hydroxylation is 1. The van der Waals surface area contributed by atoms with Crippen LogP contribution >= 0.6 is 0 Å². The van der Waals surface area contributed by atoms with Crippen LogP contribution < -0.4 is 5.32 Å². The van der Waals surface area contributed by atoms with Gasteiger partial charge < -0.3 is 10.1 Å². The molecule has 0 unspecified atom stereocenters. The van der Waals surface area contributed by atoms with E-state index in [1.54, 1.807) is 18.2 Å². The molecule has 108 valence electrons. The van der Waals surface area contributed by atoms with Crippen LogP contribution in [0.2, 0.25) is 0 Å². The Hall–Kier alpha value is -1.40. The highest BCUT2D eigenvalue weighted by molar-refractivity contribution is 7.91. The van der Waals surface area contributed by atoms with E-state index >= 15 is 0 Å². The van der Waals surface area contributed by atoms with E-state index in [1.165, 1.54) is 0 Å². The van der Waals surface area contributed by atoms with E-state index in [1.807, 2.05) is 0 Å². The fraction of sp³-hybridized carbons (Fsp3) is 0.500. The summed E-state index contributed by atoms with van der Waals surface area (Å²) in [5.74, 6) is 0.0666. The van der Waals surface area contributed by atoms with Crippen molar-refractivity contribution < 1.29 is 17.9 Å². The second-order valence-electron chi connectivity index (χ2n) is 5.27. The highest BCUT2D eigenvalue weighted by Crippen LogP contribution is 2.29. The molecule has 1 saturated heterocycles. The maximum absolute atomic E-state index is 12.1. The van der Waals surface area contributed by atoms with Gasteiger partial charge in [0.15, 0.2) is 9.84 Å². The fourth-order valence-electron chi connectivity index (χ4n) is 2.69. The first kappa shape index (κ1) is 13.6. The second kappa shape index (κ2) is 5.18. The van der Waals surface area contributed by atoms with E-state index < -0.39 is 9.84 Å². The molecule has 2 heterocycles. The molecule has 0 atom stereocenters. The fourth-order valence-corrected chi connectivity index (χ4v) is 4.27. The molecule has 0 radical (unpaired) electrons. The molecule has 0 spiro atoms. The van der Waals surface area contributed by atoms with Crippen LogP contribution in [0.5, 0.6) is 0 Å². The predicted molar refractivity (Wildman–Crippen MR) is 74.4 cm³/mol. The average Bonchev–Trinajstić information content (AvgIpc) is 2.75. The van der Waals surface area contributed by atoms with Gasteiger partial charge in [-0.3, -0.25) is 4.79 Å². The van der Waals surface area contributed by atoms with Crippen LogP contribution in [0.3, 0.4) is 0 Å². The second-order valence-corrected chi connectivity index (χ2v) is 7.34. The lowest BCUT2D eigenvalue weighted by molar-refractivity contribution is -0.122. The zero-order valence-electron chi connectivity index (χ0n) is 11.1. The average molecular weight is 295 g/mol. The van der Waals surface area contributed by atoms with Gasteiger partial charge in [-0.15, -0.1) is 0 Å². The molecular weight excluding hydrogens is 278 g/mol. The summed E-state index contributed by atoms with van der Waals surface area (Å²) >= 11 is 0. The Balaban J connectivity index is 1.77. The number of rotatable bonds is 2. The summed E-state index contributed by atoms with van der Waals surface area (Å²) < 4.78 is 29.0. The van der Waals surface area contributed by atoms with Crippen LogP contribution in [-0.2, 0) is 25.8 Å². The van der Waals surface area contributed by atoms with Crippen molar-refractivity contribution in [2.24, 2.45) is 5.92 Å². The first-order valence-electron chi connectivity index (χ1n) is 6.80. The van der Waals surface area contributed by atoms with E-state index in [-0.39, 0.29) is 17.6 Å². The van der Waals surface area contributed by atoms with Crippen LogP contribution in [0.4, 0.5) is 5.69 Å². The van der Waals surface area contributed by atoms with E-state index in [4.69, 9.17) is 4.74 Å². The maximum atomic E-state index is 12.1. The van der Waals surface area contributed by atoms with E-state index in [0.717, 1.165) is 18.4 Å². The van der Waals surface area contributed by atoms with Gasteiger partial charge in [-0.2, -0.15) is 0 Å². The molecule has 0 aliphatic carbocycles. The number of carbonyl (C=O) groups excluding carboxylic acids is 1. The molecule has 5 nitrogen and oxygen atoms in total. The van der Waals surface area contributed by atoms with Crippen LogP contribution in [-0.4, -0.2) is 33.3 Å². The van der Waals surface area contributed by atoms with Gasteiger partial charge >= 0.3 is 0 Å². The molecule has 1 aromatic rings. The molecule has 20 heavy (non-hydrogen) atoms. The lowest BCUT2D eigenvalue weighted by Gasteiger charge is -2.21. The van der Waals surface area contributed by atoms with Crippen LogP contribution in [0, 0.1) is 5.92 Å². The van der Waals surface area contributed by atoms with Crippen molar-refractivity contribution in [1.29, 1.82) is 0 Å². The maximum Gasteiger partial charge on any atom is 0.227 e. The van der Waals surface area contributed by atoms with Gasteiger partial charge in [0.05, 0.1) is 10.6 Å². The van der Waals surface area contributed by atoms with Gasteiger partial charge in [0.1, 0.15) is 0 Å². The summed E-state index contributed by atoms with van der Waals surface area (Å²) in [5.41, 5.74) is 1.40. The SMILES string of the molecule is O=C(Nc1ccc2c(c1)S(=O)(=O)CC2)C1CCOCC1. The number of sulfone groups is 1. The topological polar surface area (TPSA) is 72.5 Å². The predicted octanol–water partition coefficient (Wildman–Crippen LogP) is 1.38. The number of benzene rings is 1. The number of hydrogen-bond donors (Lipinski definition) is 1. The number of amides is 1. The van der Waals surface area contributed by atoms with Crippen molar-refractivity contribution in [1.82, 2.24) is 0 Å². The number of hydrogen-bond acceptors (Lipinski definition) is 4. The van der Waals surface area contributed by atoms with Gasteiger partial charge in [-0.1, -0.05) is 6.07 Å². The summed E-state index contributed by atoms with van der Waals surface area (Å²) in [4.78, 5) is 12.5. The van der Waals surface area contributed by atoms with Crippen molar-refractivity contribution in [3.63, 3.8) is 0 Å². The Morgan fingerprint density at radius 3 is 2.75 bits per heavy atom. The molecule has 2 aliphatic rings. The Labute approximate surface area is 118 Å². The molecule has 1 amide bonds. The third-order valence-corrected chi connectivity index (χ3v) is 5.69. The smallest absolute Gasteiger partial charge is 0.227 e. The van der Waals surface area contributed by atoms with Crippen molar-refractivity contribution in [2.75, 3.05) is 24.3 Å². The normalized spacial score (nSPS) is 21.4. The monoisotopic (exact) mass is 295 g/mol. The minimum absolute atomic E-state index is 0.0476. The molecule has 2 aliphatic heterocycles. The zero-order chi connectivity index (χ0) is 14.2. The quantitative estimate of drug-likeness (QED) is 0.894. The molecule has 0 aromatic heterocycles. The minimum atomic E-state index is -3.16. The van der Waals surface area contributed by atoms with Crippen molar-refractivity contribution in [2.45, 2.75) is 24.2 Å². The van der Waals surface area contributed by atoms with Crippen molar-refractivity contribution >= 4 is 21.4 Å². The molecular formula is C14H17NO4S. The Bertz CT molecular complexity index is 633. The van der Waals surface area contributed by atoms with Gasteiger partial charge in [-0.05, 0) is 37.0 Å². The number of fused-ring (bicyclic) bond motifs is 1. The van der Waals surface area contributed by atoms with Gasteiger partial charge in [0.25, 0.3) is 0 Å². The van der Waals surface area contributed by atoms with E-state index in [0.29, 0.717) is 30.2 Å². The Morgan fingerprint density at radius 2 is 2.00 bits per heavy atom. The zero-order valence-corrected chi connectivity index (χ0v) is 11.9. The number of ether oxygens (including phenoxy) is 1. The molecule has 0 saturated carbocycles. The number of anilines is 1. The lowest BCUT2D eigenvalue weighted by Crippen LogP contribution is -2.28. The summed E-state index contributed by atoms with van der Waals surface area (Å²) in [7, 11) is -3.16. The van der Waals surface area contributed by atoms with Crippen molar-refractivity contribution in [3.8, 4) is 0 Å². The standard InChI is InChI=1S/C14H17NO4S/c16-14(11-3-6-19-7-4-11)15-12-2-1-10-5-8-20(17,18)13(10)9-12/h1-2,9,11H,3-8H2,(H,15,16). The molecule has 0 bridgehead atoms. The minimum Gasteiger partial charge on any atom is -0.381 e. The van der Waals surface area contributed by atoms with Crippen molar-refractivity contribution in [3.05, 3.63) is 23.8 Å². The summed E-state index contributed by atoms with van der Waals surface area (Å²) in [5, 5.41) is 2.82. The van der Waals surface area contributed by atoms with Gasteiger partial charge in [0.2, 0.25) is 5.91 Å². The first-order chi connectivity index (χ1) is 9.56. The van der Waals surface area contributed by atoms with Crippen LogP contribution in [0.25, 0.3) is 0 Å². The molecule has 1 fully saturated rings. The van der Waals surface area contributed by atoms with E-state index in [2.05, 4.69) is 5.32 Å². The van der Waals surface area contributed by atoms with Crippen LogP contribution in [0.15, 0.2) is 23.1 Å². The third kappa shape index (κ3) is 2.58. The summed E-state index contributed by atoms with van der Waals surface area (Å²) in [6.45, 7) is 1.22. The third-order valence-electron chi connectivity index (χ3n) is 3.90. The van der Waals surface area contributed by atoms with Crippen LogP contribution in [0.1, 0.15) is 18.4 Å². The van der Waals surface area contributed by atoms with Gasteiger partial charge in [0, 0.05) is 24.8 Å². The molecule has 1 N–H and O–H groups in total. The number of nitrogens with one attached hydrogen (secondary N) is 1. The van der Waals surface area contributed by atoms with Gasteiger partial charge in [-0.25, -0.2) is 8.42 Å². The summed E-state index contributed by atoms with van der Waals surface area (Å²) in [6, 6.07) is 5.14. The molecule has 3 rings (SSSR count). The Morgan fingerprint density at radius 1 is 1.25 bits per heavy atom. The highest BCUT2D eigenvalue weighted by Gasteiger charge is 2.27. The Kier molecular flexibility index (Phi) is 3.52. The highest BCUT2D eigenvalue weighted by atomic mass is 32.2.